The zero-order chi connectivity index (χ0) is 18.6. The Labute approximate surface area is 144 Å². The number of aryl methyl sites for hydroxylation is 1. The molecule has 8 heteroatoms. The molecule has 0 atom stereocenters. The van der Waals surface area contributed by atoms with E-state index in [1.165, 1.54) is 13.2 Å². The summed E-state index contributed by atoms with van der Waals surface area (Å²) in [5.41, 5.74) is 7.02. The van der Waals surface area contributed by atoms with Gasteiger partial charge < -0.3 is 15.8 Å². The van der Waals surface area contributed by atoms with Gasteiger partial charge in [0.25, 0.3) is 5.56 Å². The van der Waals surface area contributed by atoms with Crippen molar-refractivity contribution in [3.63, 3.8) is 0 Å². The summed E-state index contributed by atoms with van der Waals surface area (Å²) in [5.74, 6) is -1.10. The SMILES string of the molecule is CCc1nc(N)n(CC(=O)Nc2ccccc2C(=O)OC)c(=O)c1C. The average Bonchev–Trinajstić information content (AvgIpc) is 2.61. The largest absolute Gasteiger partial charge is 0.465 e. The molecule has 25 heavy (non-hydrogen) atoms. The highest BCUT2D eigenvalue weighted by atomic mass is 16.5. The minimum absolute atomic E-state index is 0.0242. The van der Waals surface area contributed by atoms with Gasteiger partial charge in [0.1, 0.15) is 6.54 Å². The van der Waals surface area contributed by atoms with Crippen LogP contribution in [-0.2, 0) is 22.5 Å². The number of hydrogen-bond donors (Lipinski definition) is 2. The Morgan fingerprint density at radius 1 is 1.32 bits per heavy atom. The van der Waals surface area contributed by atoms with Gasteiger partial charge in [-0.1, -0.05) is 19.1 Å². The number of amides is 1. The van der Waals surface area contributed by atoms with Crippen molar-refractivity contribution < 1.29 is 14.3 Å². The second kappa shape index (κ2) is 7.61. The monoisotopic (exact) mass is 344 g/mol. The van der Waals surface area contributed by atoms with Crippen LogP contribution in [0.4, 0.5) is 11.6 Å². The van der Waals surface area contributed by atoms with E-state index in [2.05, 4.69) is 15.0 Å². The van der Waals surface area contributed by atoms with Crippen molar-refractivity contribution in [2.75, 3.05) is 18.2 Å². The summed E-state index contributed by atoms with van der Waals surface area (Å²) in [6.45, 7) is 3.21. The quantitative estimate of drug-likeness (QED) is 0.785. The minimum atomic E-state index is -0.572. The Kier molecular flexibility index (Phi) is 5.53. The van der Waals surface area contributed by atoms with E-state index in [9.17, 15) is 14.4 Å². The average molecular weight is 344 g/mol. The lowest BCUT2D eigenvalue weighted by Gasteiger charge is -2.13. The number of ether oxygens (including phenoxy) is 1. The van der Waals surface area contributed by atoms with Gasteiger partial charge in [0.05, 0.1) is 24.1 Å². The number of nitrogen functional groups attached to an aromatic ring is 1. The second-order valence-electron chi connectivity index (χ2n) is 5.37. The van der Waals surface area contributed by atoms with Gasteiger partial charge in [-0.25, -0.2) is 9.78 Å². The van der Waals surface area contributed by atoms with E-state index in [1.54, 1.807) is 25.1 Å². The van der Waals surface area contributed by atoms with Crippen molar-refractivity contribution >= 4 is 23.5 Å². The van der Waals surface area contributed by atoms with Crippen LogP contribution in [0.5, 0.6) is 0 Å². The summed E-state index contributed by atoms with van der Waals surface area (Å²) in [6.07, 6.45) is 0.574. The van der Waals surface area contributed by atoms with Crippen LogP contribution in [-0.4, -0.2) is 28.5 Å². The van der Waals surface area contributed by atoms with Crippen molar-refractivity contribution in [1.29, 1.82) is 0 Å². The molecule has 2 rings (SSSR count). The van der Waals surface area contributed by atoms with Gasteiger partial charge in [-0.3, -0.25) is 14.2 Å². The molecular weight excluding hydrogens is 324 g/mol. The van der Waals surface area contributed by atoms with Crippen LogP contribution in [0.1, 0.15) is 28.5 Å². The van der Waals surface area contributed by atoms with Crippen LogP contribution in [0, 0.1) is 6.92 Å². The van der Waals surface area contributed by atoms with Crippen LogP contribution >= 0.6 is 0 Å². The first-order valence-corrected chi connectivity index (χ1v) is 7.72. The third-order valence-corrected chi connectivity index (χ3v) is 3.77. The molecule has 1 aromatic heterocycles. The highest BCUT2D eigenvalue weighted by Gasteiger charge is 2.16. The molecule has 0 saturated heterocycles. The predicted molar refractivity (Wildman–Crippen MR) is 93.4 cm³/mol. The summed E-state index contributed by atoms with van der Waals surface area (Å²) >= 11 is 0. The van der Waals surface area contributed by atoms with Gasteiger partial charge >= 0.3 is 5.97 Å². The normalized spacial score (nSPS) is 10.4. The summed E-state index contributed by atoms with van der Waals surface area (Å²) < 4.78 is 5.78. The fraction of sp³-hybridized carbons (Fsp3) is 0.294. The van der Waals surface area contributed by atoms with Crippen molar-refractivity contribution in [2.45, 2.75) is 26.8 Å². The summed E-state index contributed by atoms with van der Waals surface area (Å²) in [4.78, 5) is 40.6. The molecule has 0 radical (unpaired) electrons. The molecule has 0 saturated carbocycles. The summed E-state index contributed by atoms with van der Waals surface area (Å²) in [7, 11) is 1.25. The molecule has 1 amide bonds. The lowest BCUT2D eigenvalue weighted by molar-refractivity contribution is -0.116. The van der Waals surface area contributed by atoms with Crippen molar-refractivity contribution in [3.8, 4) is 0 Å². The number of carbonyl (C=O) groups excluding carboxylic acids is 2. The molecule has 0 fully saturated rings. The number of benzene rings is 1. The molecule has 1 aromatic carbocycles. The number of para-hydroxylation sites is 1. The number of carbonyl (C=O) groups is 2. The van der Waals surface area contributed by atoms with Crippen molar-refractivity contribution in [2.24, 2.45) is 0 Å². The van der Waals surface area contributed by atoms with E-state index in [-0.39, 0.29) is 23.6 Å². The Hall–Kier alpha value is -3.16. The molecular formula is C17H20N4O4. The van der Waals surface area contributed by atoms with Crippen molar-refractivity contribution in [1.82, 2.24) is 9.55 Å². The number of nitrogens with zero attached hydrogens (tertiary/aromatic N) is 2. The first kappa shape index (κ1) is 18.2. The Morgan fingerprint density at radius 2 is 2.00 bits per heavy atom. The fourth-order valence-corrected chi connectivity index (χ4v) is 2.42. The molecule has 0 bridgehead atoms. The van der Waals surface area contributed by atoms with Crippen LogP contribution < -0.4 is 16.6 Å². The zero-order valence-corrected chi connectivity index (χ0v) is 14.3. The molecule has 0 aliphatic carbocycles. The lowest BCUT2D eigenvalue weighted by Crippen LogP contribution is -2.32. The van der Waals surface area contributed by atoms with E-state index >= 15 is 0 Å². The summed E-state index contributed by atoms with van der Waals surface area (Å²) in [6, 6.07) is 6.43. The molecule has 132 valence electrons. The number of nitrogens with one attached hydrogen (secondary N) is 1. The van der Waals surface area contributed by atoms with Gasteiger partial charge in [-0.2, -0.15) is 0 Å². The highest BCUT2D eigenvalue weighted by Crippen LogP contribution is 2.16. The van der Waals surface area contributed by atoms with Gasteiger partial charge in [-0.05, 0) is 25.5 Å². The maximum Gasteiger partial charge on any atom is 0.339 e. The van der Waals surface area contributed by atoms with Crippen LogP contribution in [0.2, 0.25) is 0 Å². The Morgan fingerprint density at radius 3 is 2.64 bits per heavy atom. The van der Waals surface area contributed by atoms with E-state index in [0.717, 1.165) is 4.57 Å². The molecule has 0 aliphatic heterocycles. The van der Waals surface area contributed by atoms with E-state index < -0.39 is 11.9 Å². The topological polar surface area (TPSA) is 116 Å². The predicted octanol–water partition coefficient (Wildman–Crippen LogP) is 1.12. The number of rotatable bonds is 5. The number of esters is 1. The molecule has 2 aromatic rings. The summed E-state index contributed by atoms with van der Waals surface area (Å²) in [5, 5.41) is 2.59. The molecule has 0 aliphatic rings. The highest BCUT2D eigenvalue weighted by molar-refractivity contribution is 6.01. The lowest BCUT2D eigenvalue weighted by atomic mass is 10.2. The third kappa shape index (κ3) is 3.85. The molecule has 3 N–H and O–H groups in total. The fourth-order valence-electron chi connectivity index (χ4n) is 2.42. The minimum Gasteiger partial charge on any atom is -0.465 e. The molecule has 1 heterocycles. The second-order valence-corrected chi connectivity index (χ2v) is 5.37. The third-order valence-electron chi connectivity index (χ3n) is 3.77. The Bertz CT molecular complexity index is 873. The van der Waals surface area contributed by atoms with Gasteiger partial charge in [-0.15, -0.1) is 0 Å². The number of nitrogens with two attached hydrogens (primary N) is 1. The number of hydrogen-bond acceptors (Lipinski definition) is 6. The molecule has 0 unspecified atom stereocenters. The van der Waals surface area contributed by atoms with Crippen LogP contribution in [0.3, 0.4) is 0 Å². The van der Waals surface area contributed by atoms with Gasteiger partial charge in [0.15, 0.2) is 0 Å². The van der Waals surface area contributed by atoms with E-state index in [0.29, 0.717) is 23.4 Å². The molecule has 8 nitrogen and oxygen atoms in total. The number of methoxy groups -OCH3 is 1. The Balaban J connectivity index is 2.27. The smallest absolute Gasteiger partial charge is 0.339 e. The number of anilines is 2. The first-order chi connectivity index (χ1) is 11.9. The van der Waals surface area contributed by atoms with E-state index in [1.807, 2.05) is 6.92 Å². The van der Waals surface area contributed by atoms with E-state index in [4.69, 9.17) is 5.73 Å². The van der Waals surface area contributed by atoms with Crippen LogP contribution in [0.25, 0.3) is 0 Å². The van der Waals surface area contributed by atoms with Crippen LogP contribution in [0.15, 0.2) is 29.1 Å². The molecule has 0 spiro atoms. The standard InChI is InChI=1S/C17H20N4O4/c1-4-12-10(2)15(23)21(17(18)20-12)9-14(22)19-13-8-6-5-7-11(13)16(24)25-3/h5-8H,4,9H2,1-3H3,(H2,18,20)(H,19,22). The first-order valence-electron chi connectivity index (χ1n) is 7.72. The maximum atomic E-state index is 12.4. The zero-order valence-electron chi connectivity index (χ0n) is 14.3. The number of aromatic nitrogens is 2. The van der Waals surface area contributed by atoms with Gasteiger partial charge in [0.2, 0.25) is 11.9 Å². The van der Waals surface area contributed by atoms with Gasteiger partial charge in [0, 0.05) is 5.56 Å². The maximum absolute atomic E-state index is 12.4. The van der Waals surface area contributed by atoms with Crippen molar-refractivity contribution in [3.05, 3.63) is 51.4 Å².